The van der Waals surface area contributed by atoms with Crippen LogP contribution in [0.3, 0.4) is 0 Å². The zero-order valence-corrected chi connectivity index (χ0v) is 18.8. The molecule has 1 saturated heterocycles. The Morgan fingerprint density at radius 3 is 2.70 bits per heavy atom. The molecule has 4 nitrogen and oxygen atoms in total. The minimum atomic E-state index is 0.266. The molecule has 2 atom stereocenters. The summed E-state index contributed by atoms with van der Waals surface area (Å²) >= 11 is 12.8. The van der Waals surface area contributed by atoms with Crippen LogP contribution in [-0.2, 0) is 6.54 Å². The van der Waals surface area contributed by atoms with Crippen molar-refractivity contribution >= 4 is 28.9 Å². The SMILES string of the molecule is Cc1ccc(N2CCC(NCCCn3ccnc3)CC2c2ccc(Cl)cc2)c(Cl)c1. The molecule has 0 aliphatic carbocycles. The molecule has 0 saturated carbocycles. The molecule has 158 valence electrons. The molecule has 0 bridgehead atoms. The van der Waals surface area contributed by atoms with Crippen LogP contribution in [0.5, 0.6) is 0 Å². The number of nitrogens with one attached hydrogen (secondary N) is 1. The Labute approximate surface area is 188 Å². The van der Waals surface area contributed by atoms with Crippen LogP contribution in [0.4, 0.5) is 5.69 Å². The van der Waals surface area contributed by atoms with E-state index in [4.69, 9.17) is 23.2 Å². The van der Waals surface area contributed by atoms with E-state index in [0.29, 0.717) is 6.04 Å². The molecule has 3 aromatic rings. The van der Waals surface area contributed by atoms with Crippen LogP contribution in [0.25, 0.3) is 0 Å². The second kappa shape index (κ2) is 9.86. The molecule has 2 heterocycles. The standard InChI is InChI=1S/C24H28Cl2N4/c1-18-3-8-23(22(26)15-18)30-13-9-21(28-10-2-12-29-14-11-27-17-29)16-24(30)19-4-6-20(25)7-5-19/h3-8,11,14-15,17,21,24,28H,2,9-10,12-13,16H2,1H3. The van der Waals surface area contributed by atoms with Crippen molar-refractivity contribution in [1.29, 1.82) is 0 Å². The van der Waals surface area contributed by atoms with Gasteiger partial charge in [-0.25, -0.2) is 4.98 Å². The molecule has 0 radical (unpaired) electrons. The van der Waals surface area contributed by atoms with Gasteiger partial charge in [0.05, 0.1) is 23.1 Å². The number of piperidine rings is 1. The van der Waals surface area contributed by atoms with Crippen LogP contribution in [0.15, 0.2) is 61.2 Å². The van der Waals surface area contributed by atoms with Crippen LogP contribution in [0.2, 0.25) is 10.0 Å². The third-order valence-corrected chi connectivity index (χ3v) is 6.41. The van der Waals surface area contributed by atoms with Gasteiger partial charge < -0.3 is 14.8 Å². The fraction of sp³-hybridized carbons (Fsp3) is 0.375. The Hall–Kier alpha value is -2.01. The number of hydrogen-bond acceptors (Lipinski definition) is 3. The van der Waals surface area contributed by atoms with Gasteiger partial charge in [-0.05, 0) is 68.1 Å². The van der Waals surface area contributed by atoms with E-state index in [9.17, 15) is 0 Å². The first kappa shape index (κ1) is 21.2. The summed E-state index contributed by atoms with van der Waals surface area (Å²) in [5, 5.41) is 5.36. The monoisotopic (exact) mass is 442 g/mol. The summed E-state index contributed by atoms with van der Waals surface area (Å²) in [5.74, 6) is 0. The smallest absolute Gasteiger partial charge is 0.0945 e. The predicted octanol–water partition coefficient (Wildman–Crippen LogP) is 5.89. The summed E-state index contributed by atoms with van der Waals surface area (Å²) in [6, 6.07) is 15.3. The minimum Gasteiger partial charge on any atom is -0.363 e. The highest BCUT2D eigenvalue weighted by Crippen LogP contribution is 2.39. The number of aromatic nitrogens is 2. The molecule has 4 rings (SSSR count). The van der Waals surface area contributed by atoms with Gasteiger partial charge in [0.25, 0.3) is 0 Å². The Balaban J connectivity index is 1.46. The highest BCUT2D eigenvalue weighted by atomic mass is 35.5. The second-order valence-corrected chi connectivity index (χ2v) is 8.89. The molecule has 2 unspecified atom stereocenters. The summed E-state index contributed by atoms with van der Waals surface area (Å²) in [4.78, 5) is 6.56. The van der Waals surface area contributed by atoms with Crippen LogP contribution >= 0.6 is 23.2 Å². The lowest BCUT2D eigenvalue weighted by molar-refractivity contribution is 0.356. The molecule has 1 aliphatic rings. The number of anilines is 1. The Morgan fingerprint density at radius 1 is 1.13 bits per heavy atom. The van der Waals surface area contributed by atoms with Crippen molar-refractivity contribution < 1.29 is 0 Å². The third kappa shape index (κ3) is 5.18. The van der Waals surface area contributed by atoms with Gasteiger partial charge in [0.2, 0.25) is 0 Å². The topological polar surface area (TPSA) is 33.1 Å². The van der Waals surface area contributed by atoms with E-state index in [1.54, 1.807) is 0 Å². The number of nitrogens with zero attached hydrogens (tertiary/aromatic N) is 3. The lowest BCUT2D eigenvalue weighted by atomic mass is 9.91. The van der Waals surface area contributed by atoms with Gasteiger partial charge in [-0.1, -0.05) is 41.4 Å². The number of benzene rings is 2. The van der Waals surface area contributed by atoms with E-state index in [2.05, 4.69) is 57.0 Å². The van der Waals surface area contributed by atoms with Crippen molar-refractivity contribution in [2.75, 3.05) is 18.0 Å². The number of imidazole rings is 1. The molecule has 1 aliphatic heterocycles. The van der Waals surface area contributed by atoms with Crippen molar-refractivity contribution in [1.82, 2.24) is 14.9 Å². The summed E-state index contributed by atoms with van der Waals surface area (Å²) < 4.78 is 2.13. The predicted molar refractivity (Wildman–Crippen MR) is 126 cm³/mol. The number of halogens is 2. The lowest BCUT2D eigenvalue weighted by Gasteiger charge is -2.42. The van der Waals surface area contributed by atoms with E-state index in [0.717, 1.165) is 54.6 Å². The van der Waals surface area contributed by atoms with E-state index in [1.807, 2.05) is 30.9 Å². The number of aryl methyl sites for hydroxylation is 2. The van der Waals surface area contributed by atoms with Gasteiger partial charge in [0.15, 0.2) is 0 Å². The van der Waals surface area contributed by atoms with Crippen LogP contribution in [0.1, 0.15) is 36.4 Å². The van der Waals surface area contributed by atoms with Crippen molar-refractivity contribution in [3.8, 4) is 0 Å². The van der Waals surface area contributed by atoms with Gasteiger partial charge in [-0.2, -0.15) is 0 Å². The molecule has 6 heteroatoms. The van der Waals surface area contributed by atoms with Crippen molar-refractivity contribution in [2.45, 2.75) is 44.8 Å². The maximum Gasteiger partial charge on any atom is 0.0945 e. The molecule has 1 N–H and O–H groups in total. The molecular weight excluding hydrogens is 415 g/mol. The Bertz CT molecular complexity index is 940. The van der Waals surface area contributed by atoms with E-state index < -0.39 is 0 Å². The molecule has 0 amide bonds. The lowest BCUT2D eigenvalue weighted by Crippen LogP contribution is -2.45. The molecule has 1 fully saturated rings. The maximum atomic E-state index is 6.64. The largest absolute Gasteiger partial charge is 0.363 e. The zero-order chi connectivity index (χ0) is 20.9. The van der Waals surface area contributed by atoms with Crippen LogP contribution in [0, 0.1) is 6.92 Å². The third-order valence-electron chi connectivity index (χ3n) is 5.86. The number of rotatable bonds is 7. The normalized spacial score (nSPS) is 19.2. The minimum absolute atomic E-state index is 0.266. The van der Waals surface area contributed by atoms with Crippen LogP contribution < -0.4 is 10.2 Å². The molecule has 1 aromatic heterocycles. The van der Waals surface area contributed by atoms with Crippen molar-refractivity contribution in [2.24, 2.45) is 0 Å². The Morgan fingerprint density at radius 2 is 1.97 bits per heavy atom. The summed E-state index contributed by atoms with van der Waals surface area (Å²) in [6.45, 7) is 5.04. The zero-order valence-electron chi connectivity index (χ0n) is 17.3. The van der Waals surface area contributed by atoms with Gasteiger partial charge >= 0.3 is 0 Å². The van der Waals surface area contributed by atoms with E-state index in [1.165, 1.54) is 11.1 Å². The first-order chi connectivity index (χ1) is 14.6. The highest BCUT2D eigenvalue weighted by molar-refractivity contribution is 6.33. The fourth-order valence-electron chi connectivity index (χ4n) is 4.27. The highest BCUT2D eigenvalue weighted by Gasteiger charge is 2.30. The van der Waals surface area contributed by atoms with Gasteiger partial charge in [-0.3, -0.25) is 0 Å². The summed E-state index contributed by atoms with van der Waals surface area (Å²) in [7, 11) is 0. The van der Waals surface area contributed by atoms with E-state index >= 15 is 0 Å². The van der Waals surface area contributed by atoms with Gasteiger partial charge in [0, 0.05) is 36.5 Å². The van der Waals surface area contributed by atoms with E-state index in [-0.39, 0.29) is 6.04 Å². The Kier molecular flexibility index (Phi) is 6.98. The summed E-state index contributed by atoms with van der Waals surface area (Å²) in [5.41, 5.74) is 3.57. The maximum absolute atomic E-state index is 6.64. The van der Waals surface area contributed by atoms with Crippen LogP contribution in [-0.4, -0.2) is 28.7 Å². The molecule has 2 aromatic carbocycles. The average Bonchev–Trinajstić information content (AvgIpc) is 3.26. The van der Waals surface area contributed by atoms with Gasteiger partial charge in [0.1, 0.15) is 0 Å². The van der Waals surface area contributed by atoms with Crippen molar-refractivity contribution in [3.05, 3.63) is 82.4 Å². The fourth-order valence-corrected chi connectivity index (χ4v) is 4.74. The average molecular weight is 443 g/mol. The second-order valence-electron chi connectivity index (χ2n) is 8.05. The van der Waals surface area contributed by atoms with Crippen molar-refractivity contribution in [3.63, 3.8) is 0 Å². The number of hydrogen-bond donors (Lipinski definition) is 1. The first-order valence-electron chi connectivity index (χ1n) is 10.6. The first-order valence-corrected chi connectivity index (χ1v) is 11.3. The molecule has 30 heavy (non-hydrogen) atoms. The van der Waals surface area contributed by atoms with Gasteiger partial charge in [-0.15, -0.1) is 0 Å². The summed E-state index contributed by atoms with van der Waals surface area (Å²) in [6.07, 6.45) is 8.94. The molecular formula is C24H28Cl2N4. The molecule has 0 spiro atoms. The quantitative estimate of drug-likeness (QED) is 0.463.